The average Bonchev–Trinajstić information content (AvgIpc) is 2.33. The highest BCUT2D eigenvalue weighted by atomic mass is 16.5. The van der Waals surface area contributed by atoms with Crippen molar-refractivity contribution in [1.29, 1.82) is 0 Å². The van der Waals surface area contributed by atoms with Crippen LogP contribution in [0.25, 0.3) is 0 Å². The van der Waals surface area contributed by atoms with Crippen LogP contribution in [0.1, 0.15) is 39.3 Å². The highest BCUT2D eigenvalue weighted by Crippen LogP contribution is 2.20. The van der Waals surface area contributed by atoms with Crippen molar-refractivity contribution in [3.63, 3.8) is 0 Å². The van der Waals surface area contributed by atoms with Gasteiger partial charge in [0.25, 0.3) is 0 Å². The van der Waals surface area contributed by atoms with E-state index in [0.29, 0.717) is 25.0 Å². The SMILES string of the molecule is CCCOc1cc(C)nc(NCC(C)(C)CCN)n1. The first-order valence-corrected chi connectivity index (χ1v) is 6.89. The number of nitrogens with one attached hydrogen (secondary N) is 1. The summed E-state index contributed by atoms with van der Waals surface area (Å²) in [5, 5.41) is 3.27. The molecule has 0 amide bonds. The molecular formula is C14H26N4O. The van der Waals surface area contributed by atoms with Gasteiger partial charge >= 0.3 is 0 Å². The molecule has 3 N–H and O–H groups in total. The molecule has 1 aromatic heterocycles. The summed E-state index contributed by atoms with van der Waals surface area (Å²) in [7, 11) is 0. The molecule has 0 bridgehead atoms. The minimum absolute atomic E-state index is 0.131. The van der Waals surface area contributed by atoms with Gasteiger partial charge in [-0.2, -0.15) is 4.98 Å². The Hall–Kier alpha value is -1.36. The fourth-order valence-electron chi connectivity index (χ4n) is 1.70. The van der Waals surface area contributed by atoms with Crippen LogP contribution < -0.4 is 15.8 Å². The molecule has 0 saturated carbocycles. The van der Waals surface area contributed by atoms with Crippen LogP contribution in [0.2, 0.25) is 0 Å². The summed E-state index contributed by atoms with van der Waals surface area (Å²) >= 11 is 0. The van der Waals surface area contributed by atoms with E-state index in [-0.39, 0.29) is 5.41 Å². The molecule has 5 nitrogen and oxygen atoms in total. The lowest BCUT2D eigenvalue weighted by molar-refractivity contribution is 0.304. The largest absolute Gasteiger partial charge is 0.478 e. The Morgan fingerprint density at radius 1 is 1.37 bits per heavy atom. The predicted octanol–water partition coefficient (Wildman–Crippen LogP) is 2.36. The number of nitrogens with two attached hydrogens (primary N) is 1. The normalized spacial score (nSPS) is 11.4. The van der Waals surface area contributed by atoms with Crippen molar-refractivity contribution in [2.24, 2.45) is 11.1 Å². The standard InChI is InChI=1S/C14H26N4O/c1-5-8-19-12-9-11(2)17-13(18-12)16-10-14(3,4)6-7-15/h9H,5-8,10,15H2,1-4H3,(H,16,17,18). The van der Waals surface area contributed by atoms with Gasteiger partial charge in [0.05, 0.1) is 6.61 Å². The number of rotatable bonds is 8. The molecule has 0 radical (unpaired) electrons. The fourth-order valence-corrected chi connectivity index (χ4v) is 1.70. The molecule has 5 heteroatoms. The molecule has 0 spiro atoms. The second-order valence-electron chi connectivity index (χ2n) is 5.58. The molecule has 0 atom stereocenters. The summed E-state index contributed by atoms with van der Waals surface area (Å²) < 4.78 is 5.54. The summed E-state index contributed by atoms with van der Waals surface area (Å²) in [5.74, 6) is 1.25. The van der Waals surface area contributed by atoms with Crippen molar-refractivity contribution >= 4 is 5.95 Å². The summed E-state index contributed by atoms with van der Waals surface area (Å²) in [6.45, 7) is 10.5. The first kappa shape index (κ1) is 15.7. The van der Waals surface area contributed by atoms with Crippen LogP contribution in [-0.4, -0.2) is 29.7 Å². The summed E-state index contributed by atoms with van der Waals surface area (Å²) in [4.78, 5) is 8.73. The molecular weight excluding hydrogens is 240 g/mol. The van der Waals surface area contributed by atoms with E-state index in [0.717, 1.165) is 25.1 Å². The van der Waals surface area contributed by atoms with E-state index in [1.54, 1.807) is 0 Å². The highest BCUT2D eigenvalue weighted by molar-refractivity contribution is 5.30. The van der Waals surface area contributed by atoms with Gasteiger partial charge in [-0.3, -0.25) is 0 Å². The van der Waals surface area contributed by atoms with Crippen molar-refractivity contribution in [2.75, 3.05) is 25.0 Å². The molecule has 0 aromatic carbocycles. The van der Waals surface area contributed by atoms with E-state index in [9.17, 15) is 0 Å². The Morgan fingerprint density at radius 3 is 2.74 bits per heavy atom. The molecule has 1 aromatic rings. The number of ether oxygens (including phenoxy) is 1. The molecule has 0 aliphatic rings. The van der Waals surface area contributed by atoms with Crippen molar-refractivity contribution < 1.29 is 4.74 Å². The number of hydrogen-bond acceptors (Lipinski definition) is 5. The molecule has 19 heavy (non-hydrogen) atoms. The third-order valence-corrected chi connectivity index (χ3v) is 2.83. The molecule has 0 unspecified atom stereocenters. The molecule has 0 aliphatic heterocycles. The lowest BCUT2D eigenvalue weighted by atomic mass is 9.89. The van der Waals surface area contributed by atoms with Crippen LogP contribution in [0, 0.1) is 12.3 Å². The van der Waals surface area contributed by atoms with E-state index in [4.69, 9.17) is 10.5 Å². The Kier molecular flexibility index (Phi) is 6.02. The molecule has 1 rings (SSSR count). The van der Waals surface area contributed by atoms with Crippen molar-refractivity contribution in [3.8, 4) is 5.88 Å². The van der Waals surface area contributed by atoms with Crippen molar-refractivity contribution in [3.05, 3.63) is 11.8 Å². The topological polar surface area (TPSA) is 73.1 Å². The van der Waals surface area contributed by atoms with Crippen LogP contribution >= 0.6 is 0 Å². The van der Waals surface area contributed by atoms with Crippen molar-refractivity contribution in [2.45, 2.75) is 40.5 Å². The van der Waals surface area contributed by atoms with Crippen LogP contribution in [0.15, 0.2) is 6.07 Å². The van der Waals surface area contributed by atoms with Crippen LogP contribution in [0.5, 0.6) is 5.88 Å². The van der Waals surface area contributed by atoms with E-state index in [2.05, 4.69) is 36.1 Å². The first-order valence-electron chi connectivity index (χ1n) is 6.89. The summed E-state index contributed by atoms with van der Waals surface area (Å²) in [5.41, 5.74) is 6.64. The second kappa shape index (κ2) is 7.28. The maximum Gasteiger partial charge on any atom is 0.226 e. The van der Waals surface area contributed by atoms with Gasteiger partial charge in [0, 0.05) is 18.3 Å². The fraction of sp³-hybridized carbons (Fsp3) is 0.714. The zero-order chi connectivity index (χ0) is 14.3. The smallest absolute Gasteiger partial charge is 0.226 e. The minimum atomic E-state index is 0.131. The number of hydrogen-bond donors (Lipinski definition) is 2. The van der Waals surface area contributed by atoms with Gasteiger partial charge in [-0.15, -0.1) is 0 Å². The van der Waals surface area contributed by atoms with Crippen LogP contribution in [0.3, 0.4) is 0 Å². The Morgan fingerprint density at radius 2 is 2.11 bits per heavy atom. The molecule has 1 heterocycles. The Bertz CT molecular complexity index is 393. The van der Waals surface area contributed by atoms with Gasteiger partial charge in [-0.1, -0.05) is 20.8 Å². The van der Waals surface area contributed by atoms with E-state index < -0.39 is 0 Å². The molecule has 0 fully saturated rings. The minimum Gasteiger partial charge on any atom is -0.478 e. The third-order valence-electron chi connectivity index (χ3n) is 2.83. The monoisotopic (exact) mass is 266 g/mol. The van der Waals surface area contributed by atoms with E-state index in [1.807, 2.05) is 13.0 Å². The third kappa shape index (κ3) is 5.87. The van der Waals surface area contributed by atoms with Gasteiger partial charge in [0.1, 0.15) is 0 Å². The summed E-state index contributed by atoms with van der Waals surface area (Å²) in [6.07, 6.45) is 1.93. The predicted molar refractivity (Wildman–Crippen MR) is 78.5 cm³/mol. The van der Waals surface area contributed by atoms with Crippen LogP contribution in [-0.2, 0) is 0 Å². The maximum atomic E-state index is 5.61. The zero-order valence-corrected chi connectivity index (χ0v) is 12.5. The van der Waals surface area contributed by atoms with Gasteiger partial charge in [-0.25, -0.2) is 4.98 Å². The van der Waals surface area contributed by atoms with Crippen LogP contribution in [0.4, 0.5) is 5.95 Å². The van der Waals surface area contributed by atoms with Gasteiger partial charge in [0.15, 0.2) is 0 Å². The van der Waals surface area contributed by atoms with Gasteiger partial charge in [0.2, 0.25) is 11.8 Å². The first-order chi connectivity index (χ1) is 8.96. The van der Waals surface area contributed by atoms with Crippen molar-refractivity contribution in [1.82, 2.24) is 9.97 Å². The number of aromatic nitrogens is 2. The van der Waals surface area contributed by atoms with E-state index in [1.165, 1.54) is 0 Å². The highest BCUT2D eigenvalue weighted by Gasteiger charge is 2.17. The van der Waals surface area contributed by atoms with Gasteiger partial charge < -0.3 is 15.8 Å². The molecule has 0 saturated heterocycles. The lowest BCUT2D eigenvalue weighted by Crippen LogP contribution is -2.26. The molecule has 0 aliphatic carbocycles. The number of nitrogens with zero attached hydrogens (tertiary/aromatic N) is 2. The number of aryl methyl sites for hydroxylation is 1. The Balaban J connectivity index is 2.65. The quantitative estimate of drug-likeness (QED) is 0.755. The number of anilines is 1. The van der Waals surface area contributed by atoms with E-state index >= 15 is 0 Å². The maximum absolute atomic E-state index is 5.61. The lowest BCUT2D eigenvalue weighted by Gasteiger charge is -2.24. The average molecular weight is 266 g/mol. The second-order valence-corrected chi connectivity index (χ2v) is 5.58. The van der Waals surface area contributed by atoms with Gasteiger partial charge in [-0.05, 0) is 31.7 Å². The summed E-state index contributed by atoms with van der Waals surface area (Å²) in [6, 6.07) is 1.85. The zero-order valence-electron chi connectivity index (χ0n) is 12.5. The Labute approximate surface area is 116 Å². The molecule has 108 valence electrons.